The summed E-state index contributed by atoms with van der Waals surface area (Å²) in [6.45, 7) is 0.355. The quantitative estimate of drug-likeness (QED) is 0.189. The minimum Gasteiger partial charge on any atom is -0.390 e. The van der Waals surface area contributed by atoms with Gasteiger partial charge in [-0.3, -0.25) is 4.84 Å². The summed E-state index contributed by atoms with van der Waals surface area (Å²) in [5.41, 5.74) is 5.87. The van der Waals surface area contributed by atoms with E-state index in [0.717, 1.165) is 0 Å². The predicted octanol–water partition coefficient (Wildman–Crippen LogP) is 3.89. The Morgan fingerprint density at radius 1 is 0.575 bits per heavy atom. The first-order valence-electron chi connectivity index (χ1n) is 13.6. The number of hydrogen-bond donors (Lipinski definition) is 1. The molecule has 0 heterocycles. The van der Waals surface area contributed by atoms with Gasteiger partial charge in [-0.25, -0.2) is 4.79 Å². The summed E-state index contributed by atoms with van der Waals surface area (Å²) < 4.78 is 0.0181. The molecule has 4 nitrogen and oxygen atoms in total. The molecule has 5 heteroatoms. The van der Waals surface area contributed by atoms with E-state index in [0.29, 0.717) is 12.1 Å². The van der Waals surface area contributed by atoms with Crippen LogP contribution >= 0.6 is 0 Å². The van der Waals surface area contributed by atoms with Crippen LogP contribution in [0.1, 0.15) is 10.4 Å². The fraction of sp³-hybridized carbons (Fsp3) is 0.114. The van der Waals surface area contributed by atoms with Crippen LogP contribution in [0.3, 0.4) is 0 Å². The monoisotopic (exact) mass is 529 g/mol. The molecule has 0 aliphatic carbocycles. The number of aliphatic hydroxyl groups is 1. The van der Waals surface area contributed by atoms with Gasteiger partial charge in [-0.05, 0) is 12.1 Å². The lowest BCUT2D eigenvalue weighted by Gasteiger charge is -2.44. The van der Waals surface area contributed by atoms with Gasteiger partial charge in [0.2, 0.25) is 0 Å². The summed E-state index contributed by atoms with van der Waals surface area (Å²) in [6.07, 6.45) is -1.22. The van der Waals surface area contributed by atoms with Crippen molar-refractivity contribution >= 4 is 34.0 Å². The van der Waals surface area contributed by atoms with E-state index in [9.17, 15) is 4.79 Å². The van der Waals surface area contributed by atoms with E-state index in [2.05, 4.69) is 121 Å². The number of carbonyl (C=O) groups is 1. The van der Waals surface area contributed by atoms with Crippen molar-refractivity contribution in [2.45, 2.75) is 0 Å². The summed E-state index contributed by atoms with van der Waals surface area (Å²) in [5.74, 6) is -0.381. The largest absolute Gasteiger partial charge is 0.397 e. The molecule has 1 N–H and O–H groups in total. The molecular formula is C35H36BNO3. The van der Waals surface area contributed by atoms with Gasteiger partial charge in [-0.15, -0.1) is 4.65 Å². The zero-order valence-electron chi connectivity index (χ0n) is 23.1. The van der Waals surface area contributed by atoms with Gasteiger partial charge >= 0.3 is 5.97 Å². The van der Waals surface area contributed by atoms with E-state index in [-0.39, 0.29) is 17.2 Å². The van der Waals surface area contributed by atoms with Crippen molar-refractivity contribution in [2.24, 2.45) is 0 Å². The van der Waals surface area contributed by atoms with E-state index in [4.69, 9.17) is 9.94 Å². The molecule has 40 heavy (non-hydrogen) atoms. The molecule has 0 aliphatic rings. The number of hydrogen-bond acceptors (Lipinski definition) is 3. The molecule has 0 fully saturated rings. The van der Waals surface area contributed by atoms with Crippen molar-refractivity contribution in [3.8, 4) is 0 Å². The SMILES string of the molecule is C[N+](C)(CCO)OC(=O)c1ccccc1.c1ccc([B-](c2ccccc2)(c2ccccc2)c2ccccc2)cc1. The highest BCUT2D eigenvalue weighted by Crippen LogP contribution is 2.09. The van der Waals surface area contributed by atoms with Gasteiger partial charge in [0.1, 0.15) is 26.8 Å². The number of hydroxylamine groups is 3. The Labute approximate surface area is 237 Å². The first-order valence-corrected chi connectivity index (χ1v) is 13.6. The third-order valence-corrected chi connectivity index (χ3v) is 7.18. The standard InChI is InChI=1S/C24H20B.C11H16NO3/c1-5-13-21(14-6-1)25(22-15-7-2-8-16-22,23-17-9-3-10-18-23)24-19-11-4-12-20-24;1-12(2,8-9-13)15-11(14)10-6-4-3-5-7-10/h1-20H;3-7,13H,8-9H2,1-2H3/q-1;+1. The summed E-state index contributed by atoms with van der Waals surface area (Å²) in [5, 5.41) is 8.78. The zero-order valence-corrected chi connectivity index (χ0v) is 23.1. The summed E-state index contributed by atoms with van der Waals surface area (Å²) in [4.78, 5) is 16.8. The highest BCUT2D eigenvalue weighted by atomic mass is 16.7. The molecule has 202 valence electrons. The second-order valence-electron chi connectivity index (χ2n) is 10.3. The Morgan fingerprint density at radius 2 is 0.875 bits per heavy atom. The van der Waals surface area contributed by atoms with Gasteiger partial charge in [0.15, 0.2) is 0 Å². The molecule has 0 atom stereocenters. The van der Waals surface area contributed by atoms with Crippen molar-refractivity contribution in [3.63, 3.8) is 0 Å². The summed E-state index contributed by atoms with van der Waals surface area (Å²) in [7, 11) is 3.44. The lowest BCUT2D eigenvalue weighted by Crippen LogP contribution is -2.74. The van der Waals surface area contributed by atoms with E-state index in [1.165, 1.54) is 21.9 Å². The molecule has 0 radical (unpaired) electrons. The van der Waals surface area contributed by atoms with Crippen LogP contribution in [0, 0.1) is 0 Å². The minimum atomic E-state index is -1.22. The van der Waals surface area contributed by atoms with E-state index in [1.54, 1.807) is 38.4 Å². The van der Waals surface area contributed by atoms with Gasteiger partial charge < -0.3 is 5.11 Å². The molecule has 0 saturated heterocycles. The number of nitrogens with zero attached hydrogens (tertiary/aromatic N) is 1. The second kappa shape index (κ2) is 13.6. The highest BCUT2D eigenvalue weighted by molar-refractivity contribution is 7.19. The number of benzene rings is 5. The Kier molecular flexibility index (Phi) is 9.69. The Hall–Kier alpha value is -4.45. The average Bonchev–Trinajstić information content (AvgIpc) is 3.00. The maximum absolute atomic E-state index is 11.6. The molecular weight excluding hydrogens is 493 g/mol. The van der Waals surface area contributed by atoms with Crippen LogP contribution in [-0.2, 0) is 4.84 Å². The van der Waals surface area contributed by atoms with Gasteiger partial charge in [0.25, 0.3) is 0 Å². The smallest absolute Gasteiger partial charge is 0.390 e. The van der Waals surface area contributed by atoms with Gasteiger partial charge in [-0.1, -0.05) is 140 Å². The molecule has 0 saturated carbocycles. The molecule has 5 rings (SSSR count). The van der Waals surface area contributed by atoms with Gasteiger partial charge in [0, 0.05) is 0 Å². The maximum atomic E-state index is 11.6. The van der Waals surface area contributed by atoms with Crippen molar-refractivity contribution in [1.82, 2.24) is 0 Å². The average molecular weight is 529 g/mol. The molecule has 0 spiro atoms. The zero-order chi connectivity index (χ0) is 28.3. The van der Waals surface area contributed by atoms with E-state index >= 15 is 0 Å². The third kappa shape index (κ3) is 6.76. The molecule has 5 aromatic rings. The number of rotatable bonds is 8. The maximum Gasteiger partial charge on any atom is 0.397 e. The fourth-order valence-electron chi connectivity index (χ4n) is 5.26. The Balaban J connectivity index is 0.000000212. The van der Waals surface area contributed by atoms with Crippen LogP contribution in [0.5, 0.6) is 0 Å². The number of aliphatic hydroxyl groups excluding tert-OH is 1. The van der Waals surface area contributed by atoms with Crippen LogP contribution in [0.15, 0.2) is 152 Å². The van der Waals surface area contributed by atoms with Crippen molar-refractivity contribution < 1.29 is 19.4 Å². The predicted molar refractivity (Wildman–Crippen MR) is 166 cm³/mol. The molecule has 0 bridgehead atoms. The third-order valence-electron chi connectivity index (χ3n) is 7.18. The summed E-state index contributed by atoms with van der Waals surface area (Å²) in [6, 6.07) is 52.3. The van der Waals surface area contributed by atoms with Crippen LogP contribution < -0.4 is 21.9 Å². The van der Waals surface area contributed by atoms with E-state index in [1.807, 2.05) is 6.07 Å². The fourth-order valence-corrected chi connectivity index (χ4v) is 5.26. The van der Waals surface area contributed by atoms with Gasteiger partial charge in [-0.2, -0.15) is 21.9 Å². The topological polar surface area (TPSA) is 46.5 Å². The first kappa shape index (κ1) is 28.6. The lowest BCUT2D eigenvalue weighted by molar-refractivity contribution is -1.06. The first-order chi connectivity index (χ1) is 19.5. The van der Waals surface area contributed by atoms with Crippen LogP contribution in [0.25, 0.3) is 0 Å². The minimum absolute atomic E-state index is 0.0181. The van der Waals surface area contributed by atoms with Crippen LogP contribution in [0.4, 0.5) is 0 Å². The molecule has 5 aromatic carbocycles. The molecule has 0 amide bonds. The molecule has 0 aliphatic heterocycles. The number of quaternary nitrogens is 1. The Bertz CT molecular complexity index is 1280. The van der Waals surface area contributed by atoms with Crippen LogP contribution in [-0.4, -0.2) is 49.1 Å². The molecule has 0 aromatic heterocycles. The summed E-state index contributed by atoms with van der Waals surface area (Å²) >= 11 is 0. The highest BCUT2D eigenvalue weighted by Gasteiger charge is 2.31. The van der Waals surface area contributed by atoms with Crippen molar-refractivity contribution in [2.75, 3.05) is 27.2 Å². The van der Waals surface area contributed by atoms with Gasteiger partial charge in [0.05, 0.1) is 12.2 Å². The molecule has 0 unspecified atom stereocenters. The van der Waals surface area contributed by atoms with Crippen molar-refractivity contribution in [1.29, 1.82) is 0 Å². The number of carbonyl (C=O) groups excluding carboxylic acids is 1. The second-order valence-corrected chi connectivity index (χ2v) is 10.3. The van der Waals surface area contributed by atoms with Crippen molar-refractivity contribution in [3.05, 3.63) is 157 Å². The Morgan fingerprint density at radius 3 is 1.18 bits per heavy atom. The normalized spacial score (nSPS) is 11.2. The van der Waals surface area contributed by atoms with E-state index < -0.39 is 6.15 Å². The van der Waals surface area contributed by atoms with Crippen LogP contribution in [0.2, 0.25) is 0 Å². The lowest BCUT2D eigenvalue weighted by atomic mass is 9.13. The number of likely N-dealkylation sites (N-methyl/N-ethyl adjacent to an activating group) is 1.